The summed E-state index contributed by atoms with van der Waals surface area (Å²) in [6, 6.07) is 3.31. The normalized spacial score (nSPS) is 11.4. The summed E-state index contributed by atoms with van der Waals surface area (Å²) in [7, 11) is 1.59. The van der Waals surface area contributed by atoms with Gasteiger partial charge in [-0.05, 0) is 36.0 Å². The molecule has 0 aliphatic carbocycles. The second kappa shape index (κ2) is 8.08. The summed E-state index contributed by atoms with van der Waals surface area (Å²) in [4.78, 5) is 13.3. The number of aliphatic hydroxyl groups excluding tert-OH is 1. The number of rotatable bonds is 7. The number of hydrogen-bond acceptors (Lipinski definition) is 2. The molecule has 124 valence electrons. The molecule has 4 nitrogen and oxygen atoms in total. The van der Waals surface area contributed by atoms with E-state index in [9.17, 15) is 13.6 Å². The molecule has 0 heterocycles. The highest BCUT2D eigenvalue weighted by molar-refractivity contribution is 5.73. The Hall–Kier alpha value is -1.69. The topological polar surface area (TPSA) is 52.6 Å². The third-order valence-electron chi connectivity index (χ3n) is 3.49. The first-order valence-corrected chi connectivity index (χ1v) is 7.29. The maximum Gasteiger partial charge on any atom is 0.317 e. The highest BCUT2D eigenvalue weighted by Crippen LogP contribution is 2.20. The van der Waals surface area contributed by atoms with Crippen LogP contribution in [0.4, 0.5) is 13.6 Å². The van der Waals surface area contributed by atoms with E-state index in [1.54, 1.807) is 7.05 Å². The van der Waals surface area contributed by atoms with Gasteiger partial charge in [-0.2, -0.15) is 0 Å². The number of hydrogen-bond donors (Lipinski definition) is 2. The quantitative estimate of drug-likeness (QED) is 0.760. The average Bonchev–Trinajstić information content (AvgIpc) is 2.47. The van der Waals surface area contributed by atoms with E-state index in [0.29, 0.717) is 12.1 Å². The van der Waals surface area contributed by atoms with Gasteiger partial charge in [0.25, 0.3) is 0 Å². The predicted molar refractivity (Wildman–Crippen MR) is 81.3 cm³/mol. The van der Waals surface area contributed by atoms with Gasteiger partial charge in [-0.25, -0.2) is 13.6 Å². The minimum Gasteiger partial charge on any atom is -0.396 e. The van der Waals surface area contributed by atoms with Crippen LogP contribution < -0.4 is 5.32 Å². The van der Waals surface area contributed by atoms with E-state index in [2.05, 4.69) is 5.32 Å². The van der Waals surface area contributed by atoms with Gasteiger partial charge in [0.2, 0.25) is 0 Å². The third-order valence-corrected chi connectivity index (χ3v) is 3.49. The van der Waals surface area contributed by atoms with Crippen molar-refractivity contribution in [1.29, 1.82) is 0 Å². The lowest BCUT2D eigenvalue weighted by molar-refractivity contribution is 0.147. The predicted octanol–water partition coefficient (Wildman–Crippen LogP) is 2.90. The van der Waals surface area contributed by atoms with Crippen LogP contribution in [0.25, 0.3) is 0 Å². The van der Waals surface area contributed by atoms with Crippen molar-refractivity contribution in [3.63, 3.8) is 0 Å². The van der Waals surface area contributed by atoms with E-state index in [1.165, 1.54) is 11.0 Å². The van der Waals surface area contributed by atoms with Crippen molar-refractivity contribution in [3.05, 3.63) is 35.4 Å². The first-order valence-electron chi connectivity index (χ1n) is 7.29. The number of benzene rings is 1. The van der Waals surface area contributed by atoms with E-state index < -0.39 is 11.6 Å². The zero-order chi connectivity index (χ0) is 16.8. The lowest BCUT2D eigenvalue weighted by Crippen LogP contribution is -2.37. The number of aliphatic hydroxyl groups is 1. The molecule has 0 fully saturated rings. The van der Waals surface area contributed by atoms with Crippen LogP contribution >= 0.6 is 0 Å². The molecule has 22 heavy (non-hydrogen) atoms. The van der Waals surface area contributed by atoms with Crippen LogP contribution in [-0.2, 0) is 6.54 Å². The first-order chi connectivity index (χ1) is 10.2. The summed E-state index contributed by atoms with van der Waals surface area (Å²) >= 11 is 0. The molecule has 0 aromatic heterocycles. The number of carbonyl (C=O) groups excluding carboxylic acids is 1. The molecule has 0 radical (unpaired) electrons. The van der Waals surface area contributed by atoms with E-state index in [4.69, 9.17) is 5.11 Å². The molecule has 0 aliphatic rings. The molecule has 1 rings (SSSR count). The third kappa shape index (κ3) is 5.97. The minimum absolute atomic E-state index is 0.108. The van der Waals surface area contributed by atoms with Crippen LogP contribution in [-0.4, -0.2) is 36.2 Å². The van der Waals surface area contributed by atoms with Crippen molar-refractivity contribution in [3.8, 4) is 0 Å². The molecule has 0 bridgehead atoms. The Labute approximate surface area is 130 Å². The van der Waals surface area contributed by atoms with Crippen LogP contribution in [0.5, 0.6) is 0 Å². The van der Waals surface area contributed by atoms with Crippen molar-refractivity contribution in [1.82, 2.24) is 10.2 Å². The zero-order valence-electron chi connectivity index (χ0n) is 13.3. The molecule has 1 aromatic rings. The minimum atomic E-state index is -0.919. The Kier molecular flexibility index (Phi) is 6.74. The van der Waals surface area contributed by atoms with Gasteiger partial charge in [0.05, 0.1) is 0 Å². The summed E-state index contributed by atoms with van der Waals surface area (Å²) in [6.45, 7) is 4.74. The van der Waals surface area contributed by atoms with Gasteiger partial charge in [0.15, 0.2) is 11.6 Å². The van der Waals surface area contributed by atoms with Crippen LogP contribution in [0.2, 0.25) is 0 Å². The maximum absolute atomic E-state index is 13.1. The zero-order valence-corrected chi connectivity index (χ0v) is 13.3. The highest BCUT2D eigenvalue weighted by Gasteiger charge is 2.16. The molecule has 2 amide bonds. The fourth-order valence-electron chi connectivity index (χ4n) is 1.96. The van der Waals surface area contributed by atoms with E-state index in [1.807, 2.05) is 13.8 Å². The van der Waals surface area contributed by atoms with Crippen molar-refractivity contribution in [2.75, 3.05) is 20.2 Å². The fourth-order valence-corrected chi connectivity index (χ4v) is 1.96. The van der Waals surface area contributed by atoms with Gasteiger partial charge in [-0.1, -0.05) is 19.9 Å². The Balaban J connectivity index is 2.37. The first kappa shape index (κ1) is 18.4. The molecule has 6 heteroatoms. The number of nitrogens with one attached hydrogen (secondary N) is 1. The number of carbonyl (C=O) groups is 1. The van der Waals surface area contributed by atoms with E-state index in [0.717, 1.165) is 25.0 Å². The Morgan fingerprint density at radius 3 is 2.59 bits per heavy atom. The maximum atomic E-state index is 13.1. The molecule has 0 spiro atoms. The van der Waals surface area contributed by atoms with Crippen molar-refractivity contribution < 1.29 is 18.7 Å². The summed E-state index contributed by atoms with van der Waals surface area (Å²) in [6.07, 6.45) is 1.56. The van der Waals surface area contributed by atoms with Crippen LogP contribution in [0.1, 0.15) is 32.3 Å². The lowest BCUT2D eigenvalue weighted by Gasteiger charge is -2.22. The van der Waals surface area contributed by atoms with Gasteiger partial charge in [-0.15, -0.1) is 0 Å². The Bertz CT molecular complexity index is 507. The summed E-state index contributed by atoms with van der Waals surface area (Å²) in [5, 5.41) is 11.9. The molecule has 0 saturated carbocycles. The van der Waals surface area contributed by atoms with E-state index >= 15 is 0 Å². The van der Waals surface area contributed by atoms with Crippen molar-refractivity contribution in [2.24, 2.45) is 5.41 Å². The van der Waals surface area contributed by atoms with Crippen LogP contribution in [0.3, 0.4) is 0 Å². The highest BCUT2D eigenvalue weighted by atomic mass is 19.2. The van der Waals surface area contributed by atoms with Gasteiger partial charge in [-0.3, -0.25) is 0 Å². The summed E-state index contributed by atoms with van der Waals surface area (Å²) in [5.74, 6) is -1.82. The summed E-state index contributed by atoms with van der Waals surface area (Å²) < 4.78 is 26.0. The monoisotopic (exact) mass is 314 g/mol. The smallest absolute Gasteiger partial charge is 0.317 e. The van der Waals surface area contributed by atoms with Gasteiger partial charge in [0.1, 0.15) is 0 Å². The number of amides is 2. The van der Waals surface area contributed by atoms with Gasteiger partial charge >= 0.3 is 6.03 Å². The molecule has 0 atom stereocenters. The number of nitrogens with zero attached hydrogens (tertiary/aromatic N) is 1. The Morgan fingerprint density at radius 2 is 2.00 bits per heavy atom. The molecule has 0 unspecified atom stereocenters. The van der Waals surface area contributed by atoms with Crippen LogP contribution in [0.15, 0.2) is 18.2 Å². The molecule has 1 aromatic carbocycles. The summed E-state index contributed by atoms with van der Waals surface area (Å²) in [5.41, 5.74) is 0.375. The lowest BCUT2D eigenvalue weighted by atomic mass is 9.89. The van der Waals surface area contributed by atoms with Crippen LogP contribution in [0, 0.1) is 17.0 Å². The Morgan fingerprint density at radius 1 is 1.32 bits per heavy atom. The van der Waals surface area contributed by atoms with Crippen molar-refractivity contribution >= 4 is 6.03 Å². The second-order valence-electron chi connectivity index (χ2n) is 6.26. The standard InChI is InChI=1S/C16H24F2N2O2/c1-16(2,11-21)7-4-8-19-15(22)20(3)10-12-5-6-13(17)14(18)9-12/h5-6,9,21H,4,7-8,10-11H2,1-3H3,(H,19,22). The van der Waals surface area contributed by atoms with Gasteiger partial charge in [0, 0.05) is 26.7 Å². The number of urea groups is 1. The molecule has 2 N–H and O–H groups in total. The molecular formula is C16H24F2N2O2. The average molecular weight is 314 g/mol. The van der Waals surface area contributed by atoms with Gasteiger partial charge < -0.3 is 15.3 Å². The molecule has 0 saturated heterocycles. The molecular weight excluding hydrogens is 290 g/mol. The number of halogens is 2. The second-order valence-corrected chi connectivity index (χ2v) is 6.26. The van der Waals surface area contributed by atoms with E-state index in [-0.39, 0.29) is 24.6 Å². The fraction of sp³-hybridized carbons (Fsp3) is 0.562. The largest absolute Gasteiger partial charge is 0.396 e. The van der Waals surface area contributed by atoms with Crippen molar-refractivity contribution in [2.45, 2.75) is 33.2 Å². The SMILES string of the molecule is CN(Cc1ccc(F)c(F)c1)C(=O)NCCCC(C)(C)CO. The molecule has 0 aliphatic heterocycles.